The van der Waals surface area contributed by atoms with Crippen LogP contribution in [0.3, 0.4) is 0 Å². The summed E-state index contributed by atoms with van der Waals surface area (Å²) in [5.74, 6) is -3.16. The number of rotatable bonds is 7. The van der Waals surface area contributed by atoms with Crippen LogP contribution in [-0.2, 0) is 6.42 Å². The third-order valence-electron chi connectivity index (χ3n) is 5.53. The van der Waals surface area contributed by atoms with Crippen molar-refractivity contribution in [2.45, 2.75) is 31.2 Å². The number of aromatic nitrogens is 2. The van der Waals surface area contributed by atoms with Crippen molar-refractivity contribution in [3.8, 4) is 0 Å². The number of anilines is 1. The van der Waals surface area contributed by atoms with Gasteiger partial charge in [0.25, 0.3) is 0 Å². The van der Waals surface area contributed by atoms with Gasteiger partial charge in [0.05, 0.1) is 14.8 Å². The average molecular weight is 462 g/mol. The van der Waals surface area contributed by atoms with Crippen LogP contribution in [0.1, 0.15) is 39.2 Å². The van der Waals surface area contributed by atoms with Gasteiger partial charge in [-0.2, -0.15) is 0 Å². The molecule has 9 heteroatoms. The Hall–Kier alpha value is -2.39. The first-order valence-electron chi connectivity index (χ1n) is 9.84. The second-order valence-electron chi connectivity index (χ2n) is 7.60. The van der Waals surface area contributed by atoms with E-state index in [0.29, 0.717) is 22.1 Å². The largest absolute Gasteiger partial charge is 0.396 e. The Kier molecular flexibility index (Phi) is 6.34. The molecule has 3 aromatic rings. The van der Waals surface area contributed by atoms with Gasteiger partial charge >= 0.3 is 0 Å². The Morgan fingerprint density at radius 1 is 1.35 bits per heavy atom. The first-order valence-corrected chi connectivity index (χ1v) is 11.0. The average Bonchev–Trinajstić information content (AvgIpc) is 3.28. The molecule has 0 radical (unpaired) electrons. The third-order valence-corrected chi connectivity index (χ3v) is 6.97. The van der Waals surface area contributed by atoms with Gasteiger partial charge in [-0.05, 0) is 30.0 Å². The number of hydrogen-bond donors (Lipinski definition) is 3. The number of aliphatic hydroxyl groups is 2. The highest BCUT2D eigenvalue weighted by Crippen LogP contribution is 2.39. The quantitative estimate of drug-likeness (QED) is 0.365. The van der Waals surface area contributed by atoms with E-state index in [9.17, 15) is 15.0 Å². The molecule has 0 spiro atoms. The summed E-state index contributed by atoms with van der Waals surface area (Å²) in [6.45, 7) is -0.317. The maximum absolute atomic E-state index is 15.3. The zero-order valence-corrected chi connectivity index (χ0v) is 18.0. The SMILES string of the molecule is O=C(c1cc(Cc2ccccc2)c(Cl)s1)c1cncnc1N[C@]1(F)CC[C@H](CO)[C@H]1O. The summed E-state index contributed by atoms with van der Waals surface area (Å²) < 4.78 is 15.8. The zero-order chi connectivity index (χ0) is 22.0. The van der Waals surface area contributed by atoms with Gasteiger partial charge in [0.1, 0.15) is 18.2 Å². The minimum absolute atomic E-state index is 0.00530. The summed E-state index contributed by atoms with van der Waals surface area (Å²) in [6, 6.07) is 11.5. The first kappa shape index (κ1) is 21.8. The van der Waals surface area contributed by atoms with Gasteiger partial charge in [-0.25, -0.2) is 14.4 Å². The Morgan fingerprint density at radius 2 is 2.13 bits per heavy atom. The van der Waals surface area contributed by atoms with E-state index >= 15 is 4.39 Å². The van der Waals surface area contributed by atoms with Gasteiger partial charge in [-0.15, -0.1) is 11.3 Å². The Bertz CT molecular complexity index is 1080. The first-order chi connectivity index (χ1) is 14.9. The van der Waals surface area contributed by atoms with E-state index in [-0.39, 0.29) is 30.2 Å². The standard InChI is InChI=1S/C22H21ClFN3O3S/c23-20-15(8-13-4-2-1-3-5-13)9-17(31-20)18(29)16-10-25-12-26-21(16)27-22(24)7-6-14(11-28)19(22)30/h1-5,9-10,12,14,19,28,30H,6-8,11H2,(H,25,26,27)/t14-,19-,22-/m1/s1. The molecule has 6 nitrogen and oxygen atoms in total. The van der Waals surface area contributed by atoms with Crippen LogP contribution in [0.15, 0.2) is 48.9 Å². The maximum atomic E-state index is 15.3. The summed E-state index contributed by atoms with van der Waals surface area (Å²) in [7, 11) is 0. The lowest BCUT2D eigenvalue weighted by Gasteiger charge is -2.27. The van der Waals surface area contributed by atoms with Crippen molar-refractivity contribution in [1.82, 2.24) is 9.97 Å². The lowest BCUT2D eigenvalue weighted by molar-refractivity contribution is -0.00136. The van der Waals surface area contributed by atoms with Crippen molar-refractivity contribution >= 4 is 34.5 Å². The van der Waals surface area contributed by atoms with Crippen LogP contribution in [0.4, 0.5) is 10.2 Å². The van der Waals surface area contributed by atoms with Crippen molar-refractivity contribution < 1.29 is 19.4 Å². The van der Waals surface area contributed by atoms with Crippen molar-refractivity contribution in [2.75, 3.05) is 11.9 Å². The lowest BCUT2D eigenvalue weighted by atomic mass is 10.0. The monoisotopic (exact) mass is 461 g/mol. The summed E-state index contributed by atoms with van der Waals surface area (Å²) in [5.41, 5.74) is 1.98. The van der Waals surface area contributed by atoms with Crippen LogP contribution in [0.2, 0.25) is 4.34 Å². The number of hydrogen-bond acceptors (Lipinski definition) is 7. The lowest BCUT2D eigenvalue weighted by Crippen LogP contribution is -2.44. The van der Waals surface area contributed by atoms with Gasteiger partial charge in [0.2, 0.25) is 11.6 Å². The number of halogens is 2. The minimum Gasteiger partial charge on any atom is -0.396 e. The number of carbonyl (C=O) groups excluding carboxylic acids is 1. The number of alkyl halides is 1. The summed E-state index contributed by atoms with van der Waals surface area (Å²) in [5, 5.41) is 22.2. The molecule has 1 saturated carbocycles. The summed E-state index contributed by atoms with van der Waals surface area (Å²) in [6.07, 6.45) is 2.00. The van der Waals surface area contributed by atoms with Gasteiger partial charge < -0.3 is 15.5 Å². The van der Waals surface area contributed by atoms with Crippen molar-refractivity contribution in [3.63, 3.8) is 0 Å². The molecule has 3 N–H and O–H groups in total. The Morgan fingerprint density at radius 3 is 2.84 bits per heavy atom. The Labute approximate surface area is 187 Å². The molecule has 162 valence electrons. The summed E-state index contributed by atoms with van der Waals surface area (Å²) in [4.78, 5) is 21.5. The molecule has 3 atom stereocenters. The molecule has 2 heterocycles. The predicted octanol–water partition coefficient (Wildman–Crippen LogP) is 3.85. The smallest absolute Gasteiger partial charge is 0.208 e. The number of ketones is 1. The molecule has 0 amide bonds. The van der Waals surface area contributed by atoms with Crippen LogP contribution in [0, 0.1) is 5.92 Å². The van der Waals surface area contributed by atoms with Gasteiger partial charge in [0, 0.05) is 25.1 Å². The number of carbonyl (C=O) groups is 1. The molecule has 0 saturated heterocycles. The molecule has 31 heavy (non-hydrogen) atoms. The van der Waals surface area contributed by atoms with Crippen molar-refractivity contribution in [3.05, 3.63) is 74.8 Å². The van der Waals surface area contributed by atoms with Gasteiger partial charge in [-0.1, -0.05) is 41.9 Å². The third kappa shape index (κ3) is 4.48. The fourth-order valence-corrected chi connectivity index (χ4v) is 5.01. The molecule has 1 fully saturated rings. The van der Waals surface area contributed by atoms with Gasteiger partial charge in [-0.3, -0.25) is 4.79 Å². The highest BCUT2D eigenvalue weighted by Gasteiger charge is 2.49. The summed E-state index contributed by atoms with van der Waals surface area (Å²) >= 11 is 7.53. The molecule has 1 aliphatic rings. The van der Waals surface area contributed by atoms with E-state index in [0.717, 1.165) is 22.5 Å². The van der Waals surface area contributed by atoms with Crippen LogP contribution < -0.4 is 5.32 Å². The van der Waals surface area contributed by atoms with Crippen LogP contribution >= 0.6 is 22.9 Å². The molecule has 4 rings (SSSR count). The van der Waals surface area contributed by atoms with Gasteiger partial charge in [0.15, 0.2) is 0 Å². The Balaban J connectivity index is 1.58. The zero-order valence-electron chi connectivity index (χ0n) is 16.5. The van der Waals surface area contributed by atoms with E-state index < -0.39 is 17.8 Å². The molecule has 0 bridgehead atoms. The predicted molar refractivity (Wildman–Crippen MR) is 117 cm³/mol. The number of thiophene rings is 1. The number of benzene rings is 1. The van der Waals surface area contributed by atoms with E-state index in [4.69, 9.17) is 11.6 Å². The van der Waals surface area contributed by atoms with Crippen LogP contribution in [-0.4, -0.2) is 44.5 Å². The van der Waals surface area contributed by atoms with Crippen molar-refractivity contribution in [1.29, 1.82) is 0 Å². The molecular weight excluding hydrogens is 441 g/mol. The fourth-order valence-electron chi connectivity index (χ4n) is 3.78. The normalized spacial score (nSPS) is 23.1. The second kappa shape index (κ2) is 9.00. The van der Waals surface area contributed by atoms with Crippen molar-refractivity contribution in [2.24, 2.45) is 5.92 Å². The molecule has 1 aromatic carbocycles. The van der Waals surface area contributed by atoms with E-state index in [1.54, 1.807) is 6.07 Å². The number of nitrogens with zero attached hydrogens (tertiary/aromatic N) is 2. The highest BCUT2D eigenvalue weighted by atomic mass is 35.5. The van der Waals surface area contributed by atoms with E-state index in [1.165, 1.54) is 12.5 Å². The minimum atomic E-state index is -2.19. The highest BCUT2D eigenvalue weighted by molar-refractivity contribution is 7.18. The maximum Gasteiger partial charge on any atom is 0.208 e. The molecule has 0 unspecified atom stereocenters. The second-order valence-corrected chi connectivity index (χ2v) is 9.25. The van der Waals surface area contributed by atoms with Crippen LogP contribution in [0.25, 0.3) is 0 Å². The molecule has 1 aliphatic carbocycles. The van der Waals surface area contributed by atoms with E-state index in [1.807, 2.05) is 30.3 Å². The molecule has 0 aliphatic heterocycles. The molecular formula is C22H21ClFN3O3S. The van der Waals surface area contributed by atoms with Crippen LogP contribution in [0.5, 0.6) is 0 Å². The molecule has 2 aromatic heterocycles. The number of nitrogens with one attached hydrogen (secondary N) is 1. The fraction of sp³-hybridized carbons (Fsp3) is 0.318. The topological polar surface area (TPSA) is 95.3 Å². The number of aliphatic hydroxyl groups excluding tert-OH is 2. The van der Waals surface area contributed by atoms with E-state index in [2.05, 4.69) is 15.3 Å².